The first-order valence-electron chi connectivity index (χ1n) is 9.75. The summed E-state index contributed by atoms with van der Waals surface area (Å²) in [6, 6.07) is 10.3. The Hall–Kier alpha value is -2.68. The summed E-state index contributed by atoms with van der Waals surface area (Å²) in [6.07, 6.45) is 1.32. The maximum atomic E-state index is 13.3. The fourth-order valence-electron chi connectivity index (χ4n) is 3.68. The fraction of sp³-hybridized carbons (Fsp3) is 0.381. The monoisotopic (exact) mass is 437 g/mol. The second-order valence-electron chi connectivity index (χ2n) is 7.25. The van der Waals surface area contributed by atoms with Gasteiger partial charge in [0.1, 0.15) is 17.7 Å². The predicted molar refractivity (Wildman–Crippen MR) is 113 cm³/mol. The molecule has 30 heavy (non-hydrogen) atoms. The van der Waals surface area contributed by atoms with Gasteiger partial charge in [-0.25, -0.2) is 17.2 Å². The van der Waals surface area contributed by atoms with Crippen molar-refractivity contribution in [1.82, 2.24) is 4.90 Å². The molecule has 2 aromatic rings. The van der Waals surface area contributed by atoms with E-state index in [2.05, 4.69) is 4.90 Å². The van der Waals surface area contributed by atoms with Crippen LogP contribution in [0.1, 0.15) is 13.3 Å². The lowest BCUT2D eigenvalue weighted by molar-refractivity contribution is -0.132. The molecular weight excluding hydrogens is 412 g/mol. The highest BCUT2D eigenvalue weighted by Crippen LogP contribution is 2.25. The smallest absolute Gasteiger partial charge is 0.246 e. The van der Waals surface area contributed by atoms with Gasteiger partial charge in [-0.2, -0.15) is 0 Å². The Morgan fingerprint density at radius 3 is 1.93 bits per heavy atom. The second kappa shape index (κ2) is 8.99. The van der Waals surface area contributed by atoms with Crippen molar-refractivity contribution in [3.8, 4) is 0 Å². The van der Waals surface area contributed by atoms with Crippen molar-refractivity contribution in [3.05, 3.63) is 60.2 Å². The quantitative estimate of drug-likeness (QED) is 0.697. The minimum absolute atomic E-state index is 0.254. The van der Waals surface area contributed by atoms with Gasteiger partial charge >= 0.3 is 0 Å². The maximum absolute atomic E-state index is 13.3. The molecular formula is C21H25F2N3O3S. The van der Waals surface area contributed by atoms with E-state index in [-0.39, 0.29) is 23.8 Å². The second-order valence-corrected chi connectivity index (χ2v) is 9.11. The molecule has 1 atom stereocenters. The summed E-state index contributed by atoms with van der Waals surface area (Å²) in [5.41, 5.74) is 1.13. The number of rotatable bonds is 6. The summed E-state index contributed by atoms with van der Waals surface area (Å²) in [7, 11) is -3.77. The van der Waals surface area contributed by atoms with Crippen molar-refractivity contribution >= 4 is 27.3 Å². The van der Waals surface area contributed by atoms with Crippen molar-refractivity contribution in [2.24, 2.45) is 0 Å². The standard InChI is InChI=1S/C21H25F2N3O3S/c1-3-20(26(30(2,28)29)19-10-6-17(23)7-11-19)21(27)25-14-12-24(13-15-25)18-8-4-16(22)5-9-18/h4-11,20H,3,12-15H2,1-2H3/t20-/m0/s1. The molecule has 1 aliphatic heterocycles. The summed E-state index contributed by atoms with van der Waals surface area (Å²) in [5, 5.41) is 0. The summed E-state index contributed by atoms with van der Waals surface area (Å²) < 4.78 is 52.5. The largest absolute Gasteiger partial charge is 0.368 e. The zero-order valence-corrected chi connectivity index (χ0v) is 17.8. The average molecular weight is 438 g/mol. The average Bonchev–Trinajstić information content (AvgIpc) is 2.72. The third-order valence-electron chi connectivity index (χ3n) is 5.18. The summed E-state index contributed by atoms with van der Waals surface area (Å²) in [5.74, 6) is -1.07. The van der Waals surface area contributed by atoms with Gasteiger partial charge in [-0.3, -0.25) is 9.10 Å². The van der Waals surface area contributed by atoms with Gasteiger partial charge in [-0.15, -0.1) is 0 Å². The van der Waals surface area contributed by atoms with Crippen LogP contribution >= 0.6 is 0 Å². The van der Waals surface area contributed by atoms with Crippen LogP contribution < -0.4 is 9.21 Å². The Bertz CT molecular complexity index is 974. The number of piperazine rings is 1. The molecule has 3 rings (SSSR count). The van der Waals surface area contributed by atoms with E-state index in [0.29, 0.717) is 26.2 Å². The van der Waals surface area contributed by atoms with Gasteiger partial charge in [0.25, 0.3) is 0 Å². The summed E-state index contributed by atoms with van der Waals surface area (Å²) in [4.78, 5) is 16.9. The molecule has 162 valence electrons. The number of anilines is 2. The Labute approximate surface area is 175 Å². The van der Waals surface area contributed by atoms with Crippen molar-refractivity contribution in [2.45, 2.75) is 19.4 Å². The highest BCUT2D eigenvalue weighted by atomic mass is 32.2. The van der Waals surface area contributed by atoms with Crippen molar-refractivity contribution in [1.29, 1.82) is 0 Å². The zero-order valence-electron chi connectivity index (χ0n) is 17.0. The molecule has 1 fully saturated rings. The number of halogens is 2. The molecule has 1 amide bonds. The van der Waals surface area contributed by atoms with E-state index < -0.39 is 21.9 Å². The van der Waals surface area contributed by atoms with Crippen LogP contribution in [0.15, 0.2) is 48.5 Å². The van der Waals surface area contributed by atoms with E-state index >= 15 is 0 Å². The normalized spacial score (nSPS) is 15.7. The highest BCUT2D eigenvalue weighted by Gasteiger charge is 2.35. The van der Waals surface area contributed by atoms with E-state index in [9.17, 15) is 22.0 Å². The molecule has 1 heterocycles. The minimum atomic E-state index is -3.77. The minimum Gasteiger partial charge on any atom is -0.368 e. The number of carbonyl (C=O) groups is 1. The van der Waals surface area contributed by atoms with Crippen LogP contribution in [-0.2, 0) is 14.8 Å². The van der Waals surface area contributed by atoms with Crippen molar-refractivity contribution < 1.29 is 22.0 Å². The zero-order chi connectivity index (χ0) is 21.9. The molecule has 1 saturated heterocycles. The van der Waals surface area contributed by atoms with Gasteiger partial charge < -0.3 is 9.80 Å². The van der Waals surface area contributed by atoms with Gasteiger partial charge in [-0.05, 0) is 55.0 Å². The van der Waals surface area contributed by atoms with Crippen LogP contribution in [0.3, 0.4) is 0 Å². The first kappa shape index (κ1) is 22.0. The van der Waals surface area contributed by atoms with Crippen LogP contribution in [0.2, 0.25) is 0 Å². The molecule has 0 spiro atoms. The third kappa shape index (κ3) is 4.89. The van der Waals surface area contributed by atoms with Gasteiger partial charge in [0.2, 0.25) is 15.9 Å². The van der Waals surface area contributed by atoms with Crippen LogP contribution in [0, 0.1) is 11.6 Å². The molecule has 2 aromatic carbocycles. The Balaban J connectivity index is 1.76. The van der Waals surface area contributed by atoms with Gasteiger partial charge in [0.15, 0.2) is 0 Å². The maximum Gasteiger partial charge on any atom is 0.246 e. The first-order valence-corrected chi connectivity index (χ1v) is 11.6. The van der Waals surface area contributed by atoms with E-state index in [1.165, 1.54) is 36.4 Å². The van der Waals surface area contributed by atoms with E-state index in [4.69, 9.17) is 0 Å². The Morgan fingerprint density at radius 2 is 1.47 bits per heavy atom. The lowest BCUT2D eigenvalue weighted by Gasteiger charge is -2.39. The molecule has 9 heteroatoms. The summed E-state index contributed by atoms with van der Waals surface area (Å²) >= 11 is 0. The van der Waals surface area contributed by atoms with E-state index in [0.717, 1.165) is 16.2 Å². The molecule has 0 unspecified atom stereocenters. The molecule has 0 N–H and O–H groups in total. The van der Waals surface area contributed by atoms with Gasteiger partial charge in [0, 0.05) is 31.9 Å². The van der Waals surface area contributed by atoms with Crippen LogP contribution in [0.25, 0.3) is 0 Å². The Kier molecular flexibility index (Phi) is 6.60. The SMILES string of the molecule is CC[C@@H](C(=O)N1CCN(c2ccc(F)cc2)CC1)N(c1ccc(F)cc1)S(C)(=O)=O. The summed E-state index contributed by atoms with van der Waals surface area (Å²) in [6.45, 7) is 3.72. The van der Waals surface area contributed by atoms with E-state index in [1.807, 2.05) is 0 Å². The predicted octanol–water partition coefficient (Wildman–Crippen LogP) is 2.86. The van der Waals surface area contributed by atoms with Crippen LogP contribution in [0.5, 0.6) is 0 Å². The number of hydrogen-bond acceptors (Lipinski definition) is 4. The number of benzene rings is 2. The lowest BCUT2D eigenvalue weighted by Crippen LogP contribution is -2.56. The topological polar surface area (TPSA) is 60.9 Å². The molecule has 6 nitrogen and oxygen atoms in total. The molecule has 1 aliphatic rings. The first-order chi connectivity index (χ1) is 14.2. The fourth-order valence-corrected chi connectivity index (χ4v) is 4.89. The molecule has 0 radical (unpaired) electrons. The van der Waals surface area contributed by atoms with Crippen LogP contribution in [-0.4, -0.2) is 57.7 Å². The van der Waals surface area contributed by atoms with Gasteiger partial charge in [0.05, 0.1) is 11.9 Å². The highest BCUT2D eigenvalue weighted by molar-refractivity contribution is 7.92. The van der Waals surface area contributed by atoms with Crippen molar-refractivity contribution in [2.75, 3.05) is 41.6 Å². The Morgan fingerprint density at radius 1 is 0.967 bits per heavy atom. The van der Waals surface area contributed by atoms with Gasteiger partial charge in [-0.1, -0.05) is 6.92 Å². The number of amides is 1. The number of sulfonamides is 1. The number of hydrogen-bond donors (Lipinski definition) is 0. The molecule has 0 saturated carbocycles. The lowest BCUT2D eigenvalue weighted by atomic mass is 10.1. The number of nitrogens with zero attached hydrogens (tertiary/aromatic N) is 3. The molecule has 0 aromatic heterocycles. The van der Waals surface area contributed by atoms with Crippen LogP contribution in [0.4, 0.5) is 20.2 Å². The molecule has 0 bridgehead atoms. The third-order valence-corrected chi connectivity index (χ3v) is 6.36. The van der Waals surface area contributed by atoms with E-state index in [1.54, 1.807) is 24.0 Å². The van der Waals surface area contributed by atoms with Crippen molar-refractivity contribution in [3.63, 3.8) is 0 Å². The molecule has 0 aliphatic carbocycles. The number of carbonyl (C=O) groups excluding carboxylic acids is 1.